The maximum Gasteiger partial charge on any atom is 0.326 e. The maximum atomic E-state index is 13.0. The van der Waals surface area contributed by atoms with Gasteiger partial charge in [-0.25, -0.2) is 4.79 Å². The molecule has 2 amide bonds. The number of rotatable bonds is 10. The van der Waals surface area contributed by atoms with E-state index in [9.17, 15) is 19.5 Å². The van der Waals surface area contributed by atoms with Crippen LogP contribution in [0.2, 0.25) is 10.0 Å². The third-order valence-corrected chi connectivity index (χ3v) is 6.84. The second-order valence-electron chi connectivity index (χ2n) is 9.42. The lowest BCUT2D eigenvalue weighted by Gasteiger charge is -2.21. The molecule has 1 heterocycles. The third-order valence-electron chi connectivity index (χ3n) is 6.24. The van der Waals surface area contributed by atoms with Crippen molar-refractivity contribution in [2.75, 3.05) is 12.1 Å². The van der Waals surface area contributed by atoms with E-state index in [1.54, 1.807) is 54.6 Å². The Bertz CT molecular complexity index is 1360. The number of hydrogen-bond acceptors (Lipinski definition) is 6. The Morgan fingerprint density at radius 1 is 0.925 bits per heavy atom. The van der Waals surface area contributed by atoms with E-state index < -0.39 is 36.0 Å². The van der Waals surface area contributed by atoms with Gasteiger partial charge in [-0.2, -0.15) is 0 Å². The number of benzene rings is 3. The van der Waals surface area contributed by atoms with Crippen LogP contribution in [0, 0.1) is 0 Å². The fourth-order valence-corrected chi connectivity index (χ4v) is 4.66. The number of hydrogen-bond donors (Lipinski definition) is 3. The molecule has 0 spiro atoms. The fourth-order valence-electron chi connectivity index (χ4n) is 4.19. The van der Waals surface area contributed by atoms with Crippen LogP contribution in [-0.2, 0) is 30.3 Å². The molecule has 1 aliphatic rings. The molecule has 1 saturated heterocycles. The summed E-state index contributed by atoms with van der Waals surface area (Å²) in [5, 5.41) is 15.7. The monoisotopic (exact) mass is 586 g/mol. The van der Waals surface area contributed by atoms with Crippen LogP contribution in [0.15, 0.2) is 66.7 Å². The topological polar surface area (TPSA) is 123 Å². The predicted molar refractivity (Wildman–Crippen MR) is 150 cm³/mol. The van der Waals surface area contributed by atoms with E-state index in [0.29, 0.717) is 32.8 Å². The van der Waals surface area contributed by atoms with E-state index in [1.807, 2.05) is 26.0 Å². The highest BCUT2D eigenvalue weighted by molar-refractivity contribution is 6.37. The summed E-state index contributed by atoms with van der Waals surface area (Å²) in [6.45, 7) is 3.71. The third kappa shape index (κ3) is 7.11. The van der Waals surface area contributed by atoms with Crippen LogP contribution in [0.5, 0.6) is 11.5 Å². The zero-order chi connectivity index (χ0) is 28.8. The molecular weight excluding hydrogens is 559 g/mol. The van der Waals surface area contributed by atoms with Crippen LogP contribution in [0.3, 0.4) is 0 Å². The van der Waals surface area contributed by atoms with Gasteiger partial charge in [-0.3, -0.25) is 9.59 Å². The van der Waals surface area contributed by atoms with E-state index in [2.05, 4.69) is 10.6 Å². The van der Waals surface area contributed by atoms with Gasteiger partial charge in [0.1, 0.15) is 18.6 Å². The second kappa shape index (κ2) is 13.1. The summed E-state index contributed by atoms with van der Waals surface area (Å²) in [6, 6.07) is 17.6. The first kappa shape index (κ1) is 29.4. The molecule has 0 radical (unpaired) electrons. The molecule has 1 aliphatic heterocycles. The number of halogens is 2. The average molecular weight is 587 g/mol. The number of ether oxygens (including phenoxy) is 3. The Morgan fingerprint density at radius 2 is 1.55 bits per heavy atom. The second-order valence-corrected chi connectivity index (χ2v) is 10.2. The van der Waals surface area contributed by atoms with Crippen molar-refractivity contribution in [2.45, 2.75) is 44.4 Å². The largest absolute Gasteiger partial charge is 0.480 e. The number of amides is 2. The number of para-hydroxylation sites is 2. The molecule has 11 heteroatoms. The van der Waals surface area contributed by atoms with Crippen molar-refractivity contribution >= 4 is 46.7 Å². The molecule has 0 aromatic heterocycles. The van der Waals surface area contributed by atoms with Crippen LogP contribution in [0.4, 0.5) is 5.69 Å². The number of carbonyl (C=O) groups is 3. The lowest BCUT2D eigenvalue weighted by Crippen LogP contribution is -2.51. The van der Waals surface area contributed by atoms with Crippen molar-refractivity contribution in [1.82, 2.24) is 5.32 Å². The summed E-state index contributed by atoms with van der Waals surface area (Å²) in [4.78, 5) is 38.0. The molecule has 3 aromatic rings. The van der Waals surface area contributed by atoms with Crippen LogP contribution >= 0.6 is 23.2 Å². The zero-order valence-electron chi connectivity index (χ0n) is 21.7. The fraction of sp³-hybridized carbons (Fsp3) is 0.276. The molecule has 3 N–H and O–H groups in total. The van der Waals surface area contributed by atoms with E-state index in [0.717, 1.165) is 5.56 Å². The lowest BCUT2D eigenvalue weighted by atomic mass is 10.0. The first-order valence-electron chi connectivity index (χ1n) is 12.5. The van der Waals surface area contributed by atoms with Crippen molar-refractivity contribution in [3.05, 3.63) is 87.9 Å². The maximum absolute atomic E-state index is 13.0. The Kier molecular flexibility index (Phi) is 9.65. The van der Waals surface area contributed by atoms with Gasteiger partial charge in [0.15, 0.2) is 18.0 Å². The summed E-state index contributed by atoms with van der Waals surface area (Å²) in [7, 11) is 0. The van der Waals surface area contributed by atoms with Crippen molar-refractivity contribution in [3.8, 4) is 11.5 Å². The highest BCUT2D eigenvalue weighted by Crippen LogP contribution is 2.36. The molecule has 9 nitrogen and oxygen atoms in total. The standard InChI is InChI=1S/C29H28Cl2N2O7/c1-16(2)19-6-3-4-9-22(19)32-27(34)25-26(39-15-38-25)28(35)33-23(29(36)37)14-17-10-12-18(13-11-17)40-24-20(30)7-5-8-21(24)31/h3-13,16,23,25-26H,14-15H2,1-2H3,(H,32,34)(H,33,35)(H,36,37)/t23-,25+,26+/m0/s1. The Balaban J connectivity index is 1.39. The van der Waals surface area contributed by atoms with Crippen LogP contribution in [0.25, 0.3) is 0 Å². The zero-order valence-corrected chi connectivity index (χ0v) is 23.2. The Morgan fingerprint density at radius 3 is 2.17 bits per heavy atom. The van der Waals surface area contributed by atoms with Crippen LogP contribution in [0.1, 0.15) is 30.9 Å². The van der Waals surface area contributed by atoms with Gasteiger partial charge in [0.2, 0.25) is 0 Å². The molecule has 210 valence electrons. The summed E-state index contributed by atoms with van der Waals surface area (Å²) in [5.74, 6) is -1.68. The summed E-state index contributed by atoms with van der Waals surface area (Å²) in [6.07, 6.45) is -2.59. The first-order valence-corrected chi connectivity index (χ1v) is 13.3. The summed E-state index contributed by atoms with van der Waals surface area (Å²) >= 11 is 12.3. The molecule has 40 heavy (non-hydrogen) atoms. The van der Waals surface area contributed by atoms with E-state index in [-0.39, 0.29) is 19.1 Å². The van der Waals surface area contributed by atoms with Gasteiger partial charge in [0.05, 0.1) is 10.0 Å². The van der Waals surface area contributed by atoms with Gasteiger partial charge in [0.25, 0.3) is 11.8 Å². The molecule has 0 aliphatic carbocycles. The van der Waals surface area contributed by atoms with Gasteiger partial charge < -0.3 is 30.0 Å². The van der Waals surface area contributed by atoms with Gasteiger partial charge in [-0.1, -0.05) is 73.4 Å². The SMILES string of the molecule is CC(C)c1ccccc1NC(=O)[C@@H]1OCO[C@H]1C(=O)N[C@@H](Cc1ccc(Oc2c(Cl)cccc2Cl)cc1)C(=O)O. The summed E-state index contributed by atoms with van der Waals surface area (Å²) in [5.41, 5.74) is 2.14. The molecule has 3 aromatic carbocycles. The molecule has 0 saturated carbocycles. The average Bonchev–Trinajstić information content (AvgIpc) is 3.42. The minimum Gasteiger partial charge on any atom is -0.480 e. The molecule has 0 unspecified atom stereocenters. The normalized spacial score (nSPS) is 17.3. The number of carboxylic acid groups (broad SMARTS) is 1. The van der Waals surface area contributed by atoms with Crippen molar-refractivity contribution in [1.29, 1.82) is 0 Å². The van der Waals surface area contributed by atoms with Crippen molar-refractivity contribution in [2.24, 2.45) is 0 Å². The number of anilines is 1. The van der Waals surface area contributed by atoms with Gasteiger partial charge in [0, 0.05) is 12.1 Å². The number of nitrogens with one attached hydrogen (secondary N) is 2. The molecule has 3 atom stereocenters. The Hall–Kier alpha value is -3.63. The van der Waals surface area contributed by atoms with E-state index in [4.69, 9.17) is 37.4 Å². The number of aliphatic carboxylic acids is 1. The molecule has 0 bridgehead atoms. The highest BCUT2D eigenvalue weighted by Gasteiger charge is 2.42. The predicted octanol–water partition coefficient (Wildman–Crippen LogP) is 5.40. The van der Waals surface area contributed by atoms with Gasteiger partial charge in [-0.15, -0.1) is 0 Å². The van der Waals surface area contributed by atoms with Crippen molar-refractivity contribution < 1.29 is 33.7 Å². The molecule has 4 rings (SSSR count). The van der Waals surface area contributed by atoms with Crippen LogP contribution < -0.4 is 15.4 Å². The van der Waals surface area contributed by atoms with E-state index >= 15 is 0 Å². The van der Waals surface area contributed by atoms with Gasteiger partial charge in [-0.05, 0) is 47.4 Å². The smallest absolute Gasteiger partial charge is 0.326 e. The molecule has 1 fully saturated rings. The van der Waals surface area contributed by atoms with Crippen LogP contribution in [-0.4, -0.2) is 47.9 Å². The summed E-state index contributed by atoms with van der Waals surface area (Å²) < 4.78 is 16.5. The Labute approximate surface area is 241 Å². The van der Waals surface area contributed by atoms with Gasteiger partial charge >= 0.3 is 5.97 Å². The first-order chi connectivity index (χ1) is 19.1. The quantitative estimate of drug-likeness (QED) is 0.290. The molecular formula is C29H28Cl2N2O7. The number of carboxylic acids is 1. The lowest BCUT2D eigenvalue weighted by molar-refractivity contribution is -0.144. The van der Waals surface area contributed by atoms with E-state index in [1.165, 1.54) is 0 Å². The minimum absolute atomic E-state index is 0.0274. The number of carbonyl (C=O) groups excluding carboxylic acids is 2. The minimum atomic E-state index is -1.32. The highest BCUT2D eigenvalue weighted by atomic mass is 35.5. The van der Waals surface area contributed by atoms with Crippen molar-refractivity contribution in [3.63, 3.8) is 0 Å².